The quantitative estimate of drug-likeness (QED) is 0.500. The Morgan fingerprint density at radius 2 is 1.82 bits per heavy atom. The zero-order valence-electron chi connectivity index (χ0n) is 18.5. The largest absolute Gasteiger partial charge is 0.494 e. The first kappa shape index (κ1) is 23.0. The van der Waals surface area contributed by atoms with E-state index in [1.807, 2.05) is 49.4 Å². The lowest BCUT2D eigenvalue weighted by Gasteiger charge is -2.24. The Morgan fingerprint density at radius 1 is 1.12 bits per heavy atom. The van der Waals surface area contributed by atoms with E-state index in [2.05, 4.69) is 4.99 Å². The molecule has 8 heteroatoms. The summed E-state index contributed by atoms with van der Waals surface area (Å²) in [5.41, 5.74) is 2.28. The fraction of sp³-hybridized carbons (Fsp3) is 0.240. The van der Waals surface area contributed by atoms with Gasteiger partial charge in [0.05, 0.1) is 35.1 Å². The number of carbonyl (C=O) groups excluding carboxylic acids is 1. The zero-order chi connectivity index (χ0) is 23.5. The smallest absolute Gasteiger partial charge is 0.338 e. The molecule has 4 rings (SSSR count). The Morgan fingerprint density at radius 3 is 2.45 bits per heavy atom. The minimum atomic E-state index is -0.653. The normalized spacial score (nSPS) is 15.8. The number of thiazole rings is 1. The SMILES string of the molecule is CCOC(=O)C1=C(C)N=c2s/c(=C/c3ccc(OCC)cc3)c(=O)n2[C@H]1c1ccc(Cl)cc1. The number of esters is 1. The van der Waals surface area contributed by atoms with Crippen LogP contribution in [0, 0.1) is 0 Å². The molecule has 1 atom stereocenters. The molecule has 0 spiro atoms. The first-order chi connectivity index (χ1) is 15.9. The number of allylic oxidation sites excluding steroid dienone is 1. The molecule has 0 amide bonds. The van der Waals surface area contributed by atoms with Crippen molar-refractivity contribution in [2.24, 2.45) is 4.99 Å². The van der Waals surface area contributed by atoms with Crippen LogP contribution in [0.4, 0.5) is 0 Å². The van der Waals surface area contributed by atoms with E-state index in [9.17, 15) is 9.59 Å². The summed E-state index contributed by atoms with van der Waals surface area (Å²) in [5, 5.41) is 0.569. The maximum absolute atomic E-state index is 13.5. The van der Waals surface area contributed by atoms with E-state index in [-0.39, 0.29) is 12.2 Å². The van der Waals surface area contributed by atoms with Crippen molar-refractivity contribution in [3.63, 3.8) is 0 Å². The molecule has 1 aliphatic heterocycles. The highest BCUT2D eigenvalue weighted by Crippen LogP contribution is 2.31. The fourth-order valence-electron chi connectivity index (χ4n) is 3.73. The van der Waals surface area contributed by atoms with Gasteiger partial charge in [-0.2, -0.15) is 0 Å². The summed E-state index contributed by atoms with van der Waals surface area (Å²) in [5.74, 6) is 0.285. The lowest BCUT2D eigenvalue weighted by molar-refractivity contribution is -0.139. The highest BCUT2D eigenvalue weighted by Gasteiger charge is 2.33. The van der Waals surface area contributed by atoms with Crippen molar-refractivity contribution in [1.29, 1.82) is 0 Å². The Bertz CT molecular complexity index is 1390. The van der Waals surface area contributed by atoms with E-state index in [4.69, 9.17) is 21.1 Å². The van der Waals surface area contributed by atoms with Crippen molar-refractivity contribution in [3.05, 3.63) is 95.6 Å². The molecule has 2 aromatic carbocycles. The molecule has 1 aliphatic rings. The van der Waals surface area contributed by atoms with Crippen LogP contribution in [0.2, 0.25) is 5.02 Å². The van der Waals surface area contributed by atoms with Gasteiger partial charge < -0.3 is 9.47 Å². The molecule has 0 saturated carbocycles. The van der Waals surface area contributed by atoms with Crippen LogP contribution in [0.15, 0.2) is 69.6 Å². The molecule has 33 heavy (non-hydrogen) atoms. The van der Waals surface area contributed by atoms with Crippen molar-refractivity contribution in [1.82, 2.24) is 4.57 Å². The number of rotatable bonds is 6. The zero-order valence-corrected chi connectivity index (χ0v) is 20.1. The highest BCUT2D eigenvalue weighted by molar-refractivity contribution is 7.07. The van der Waals surface area contributed by atoms with Gasteiger partial charge in [0.15, 0.2) is 4.80 Å². The summed E-state index contributed by atoms with van der Waals surface area (Å²) in [6.07, 6.45) is 1.82. The van der Waals surface area contributed by atoms with Gasteiger partial charge in [-0.1, -0.05) is 47.2 Å². The van der Waals surface area contributed by atoms with E-state index in [1.165, 1.54) is 11.3 Å². The monoisotopic (exact) mass is 482 g/mol. The average Bonchev–Trinajstić information content (AvgIpc) is 3.09. The minimum Gasteiger partial charge on any atom is -0.494 e. The van der Waals surface area contributed by atoms with Crippen molar-refractivity contribution in [2.75, 3.05) is 13.2 Å². The van der Waals surface area contributed by atoms with Crippen molar-refractivity contribution in [2.45, 2.75) is 26.8 Å². The maximum atomic E-state index is 13.5. The van der Waals surface area contributed by atoms with Gasteiger partial charge >= 0.3 is 5.97 Å². The lowest BCUT2D eigenvalue weighted by atomic mass is 9.96. The topological polar surface area (TPSA) is 69.9 Å². The van der Waals surface area contributed by atoms with E-state index in [0.717, 1.165) is 16.9 Å². The first-order valence-electron chi connectivity index (χ1n) is 10.6. The molecule has 2 heterocycles. The highest BCUT2D eigenvalue weighted by atomic mass is 35.5. The molecule has 0 radical (unpaired) electrons. The Balaban J connectivity index is 1.88. The van der Waals surface area contributed by atoms with Crippen LogP contribution in [0.3, 0.4) is 0 Å². The third kappa shape index (κ3) is 4.65. The van der Waals surface area contributed by atoms with E-state index >= 15 is 0 Å². The molecule has 6 nitrogen and oxygen atoms in total. The number of ether oxygens (including phenoxy) is 2. The number of hydrogen-bond donors (Lipinski definition) is 0. The molecule has 0 unspecified atom stereocenters. The Hall–Kier alpha value is -3.16. The molecule has 0 bridgehead atoms. The predicted octanol–water partition coefficient (Wildman–Crippen LogP) is 3.85. The molecular weight excluding hydrogens is 460 g/mol. The molecule has 0 saturated heterocycles. The van der Waals surface area contributed by atoms with Crippen molar-refractivity contribution < 1.29 is 14.3 Å². The third-order valence-electron chi connectivity index (χ3n) is 5.19. The van der Waals surface area contributed by atoms with Crippen LogP contribution >= 0.6 is 22.9 Å². The molecule has 1 aromatic heterocycles. The molecule has 0 fully saturated rings. The first-order valence-corrected chi connectivity index (χ1v) is 11.8. The molecular formula is C25H23ClN2O4S. The van der Waals surface area contributed by atoms with Gasteiger partial charge in [0, 0.05) is 5.02 Å². The number of nitrogens with zero attached hydrogens (tertiary/aromatic N) is 2. The van der Waals surface area contributed by atoms with Crippen molar-refractivity contribution in [3.8, 4) is 5.75 Å². The number of hydrogen-bond acceptors (Lipinski definition) is 6. The number of benzene rings is 2. The average molecular weight is 483 g/mol. The van der Waals surface area contributed by atoms with Gasteiger partial charge in [-0.15, -0.1) is 0 Å². The Kier molecular flexibility index (Phi) is 6.81. The number of aromatic nitrogens is 1. The number of halogens is 1. The second kappa shape index (κ2) is 9.77. The van der Waals surface area contributed by atoms with Crippen LogP contribution in [0.5, 0.6) is 5.75 Å². The number of carbonyl (C=O) groups is 1. The van der Waals surface area contributed by atoms with E-state index in [1.54, 1.807) is 30.5 Å². The van der Waals surface area contributed by atoms with Gasteiger partial charge in [-0.05, 0) is 62.2 Å². The summed E-state index contributed by atoms with van der Waals surface area (Å²) in [6.45, 7) is 6.25. The van der Waals surface area contributed by atoms with E-state index in [0.29, 0.717) is 32.2 Å². The fourth-order valence-corrected chi connectivity index (χ4v) is 4.90. The van der Waals surface area contributed by atoms with Gasteiger partial charge in [0.25, 0.3) is 5.56 Å². The summed E-state index contributed by atoms with van der Waals surface area (Å²) >= 11 is 7.37. The Labute approximate surface area is 200 Å². The third-order valence-corrected chi connectivity index (χ3v) is 6.43. The summed E-state index contributed by atoms with van der Waals surface area (Å²) in [6, 6.07) is 14.0. The van der Waals surface area contributed by atoms with Crippen LogP contribution in [0.25, 0.3) is 6.08 Å². The molecule has 0 N–H and O–H groups in total. The molecule has 3 aromatic rings. The lowest BCUT2D eigenvalue weighted by Crippen LogP contribution is -2.39. The molecule has 170 valence electrons. The second-order valence-electron chi connectivity index (χ2n) is 7.36. The van der Waals surface area contributed by atoms with Crippen LogP contribution in [-0.4, -0.2) is 23.8 Å². The maximum Gasteiger partial charge on any atom is 0.338 e. The van der Waals surface area contributed by atoms with Crippen LogP contribution in [-0.2, 0) is 9.53 Å². The van der Waals surface area contributed by atoms with Crippen molar-refractivity contribution >= 4 is 35.0 Å². The standard InChI is InChI=1S/C25H23ClN2O4S/c1-4-31-19-12-6-16(7-13-19)14-20-23(29)28-22(17-8-10-18(26)11-9-17)21(24(30)32-5-2)15(3)27-25(28)33-20/h6-14,22H,4-5H2,1-3H3/b20-14+/t22-/m0/s1. The van der Waals surface area contributed by atoms with Gasteiger partial charge in [-0.25, -0.2) is 9.79 Å². The summed E-state index contributed by atoms with van der Waals surface area (Å²) < 4.78 is 12.9. The number of fused-ring (bicyclic) bond motifs is 1. The minimum absolute atomic E-state index is 0.220. The summed E-state index contributed by atoms with van der Waals surface area (Å²) in [4.78, 5) is 31.5. The van der Waals surface area contributed by atoms with Crippen LogP contribution < -0.4 is 19.6 Å². The summed E-state index contributed by atoms with van der Waals surface area (Å²) in [7, 11) is 0. The second-order valence-corrected chi connectivity index (χ2v) is 8.80. The van der Waals surface area contributed by atoms with Crippen LogP contribution in [0.1, 0.15) is 37.9 Å². The molecule has 0 aliphatic carbocycles. The predicted molar refractivity (Wildman–Crippen MR) is 129 cm³/mol. The van der Waals surface area contributed by atoms with Gasteiger partial charge in [-0.3, -0.25) is 9.36 Å². The van der Waals surface area contributed by atoms with Gasteiger partial charge in [0.2, 0.25) is 0 Å². The van der Waals surface area contributed by atoms with E-state index < -0.39 is 12.0 Å². The van der Waals surface area contributed by atoms with Gasteiger partial charge in [0.1, 0.15) is 5.75 Å².